The molecule has 0 saturated heterocycles. The Morgan fingerprint density at radius 1 is 0.909 bits per heavy atom. The minimum absolute atomic E-state index is 0.0887. The molecule has 0 aliphatic heterocycles. The van der Waals surface area contributed by atoms with Crippen molar-refractivity contribution < 1.29 is 38.5 Å². The van der Waals surface area contributed by atoms with Crippen LogP contribution in [0.1, 0.15) is 0 Å². The fraction of sp³-hybridized carbons (Fsp3) is 0.294. The van der Waals surface area contributed by atoms with Gasteiger partial charge in [0.15, 0.2) is 0 Å². The van der Waals surface area contributed by atoms with Crippen LogP contribution in [-0.4, -0.2) is 67.9 Å². The Balaban J connectivity index is 2.36. The van der Waals surface area contributed by atoms with E-state index in [1.165, 1.54) is 36.4 Å². The second kappa shape index (κ2) is 10.1. The Morgan fingerprint density at radius 3 is 2.00 bits per heavy atom. The molecular formula is C17H22N4O9S3. The standard InChI is InChI=1S/C17H22N4O9S3/c1-20(2)15-5-4-6-16(32(24,25)26)17(15)19-18-13-7-9-14(10-8-13)21(31(3,22)23)11-12-30-33(27,28)29/h4-10H,11-12H2,1-3H3,(H,24,25,26)(H,27,28,29). The normalized spacial score (nSPS) is 12.8. The molecule has 0 radical (unpaired) electrons. The minimum atomic E-state index is -4.72. The molecule has 0 unspecified atom stereocenters. The van der Waals surface area contributed by atoms with Crippen LogP contribution in [0.4, 0.5) is 22.7 Å². The average Bonchev–Trinajstić information content (AvgIpc) is 2.67. The smallest absolute Gasteiger partial charge is 0.376 e. The molecule has 0 bridgehead atoms. The molecule has 0 saturated carbocycles. The predicted molar refractivity (Wildman–Crippen MR) is 121 cm³/mol. The molecule has 182 valence electrons. The second-order valence-corrected chi connectivity index (χ2v) is 11.2. The molecule has 0 aromatic heterocycles. The molecule has 0 atom stereocenters. The summed E-state index contributed by atoms with van der Waals surface area (Å²) in [4.78, 5) is 1.15. The molecule has 2 aromatic carbocycles. The van der Waals surface area contributed by atoms with Gasteiger partial charge in [0.25, 0.3) is 10.1 Å². The SMILES string of the molecule is CN(C)c1cccc(S(=O)(=O)O)c1N=Nc1ccc(N(CCOS(=O)(=O)O)S(C)(=O)=O)cc1. The van der Waals surface area contributed by atoms with E-state index in [0.717, 1.165) is 10.6 Å². The van der Waals surface area contributed by atoms with Crippen molar-refractivity contribution in [1.82, 2.24) is 0 Å². The largest absolute Gasteiger partial charge is 0.397 e. The first kappa shape index (κ1) is 26.6. The molecule has 2 aromatic rings. The summed E-state index contributed by atoms with van der Waals surface area (Å²) < 4.78 is 92.0. The number of anilines is 2. The van der Waals surface area contributed by atoms with E-state index in [0.29, 0.717) is 5.69 Å². The lowest BCUT2D eigenvalue weighted by atomic mass is 10.2. The van der Waals surface area contributed by atoms with E-state index in [-0.39, 0.29) is 17.1 Å². The summed E-state index contributed by atoms with van der Waals surface area (Å²) in [6, 6.07) is 9.73. The van der Waals surface area contributed by atoms with Gasteiger partial charge >= 0.3 is 10.4 Å². The first-order valence-electron chi connectivity index (χ1n) is 8.99. The van der Waals surface area contributed by atoms with Gasteiger partial charge in [0.2, 0.25) is 10.0 Å². The highest BCUT2D eigenvalue weighted by atomic mass is 32.3. The van der Waals surface area contributed by atoms with Crippen LogP contribution in [0.2, 0.25) is 0 Å². The number of nitrogens with zero attached hydrogens (tertiary/aromatic N) is 4. The number of sulfonamides is 1. The Hall–Kier alpha value is -2.63. The van der Waals surface area contributed by atoms with Crippen LogP contribution in [0.3, 0.4) is 0 Å². The van der Waals surface area contributed by atoms with Crippen LogP contribution in [-0.2, 0) is 34.7 Å². The van der Waals surface area contributed by atoms with Crippen LogP contribution in [0, 0.1) is 0 Å². The van der Waals surface area contributed by atoms with Crippen molar-refractivity contribution in [2.24, 2.45) is 10.2 Å². The Bertz CT molecular complexity index is 1340. The maximum absolute atomic E-state index is 12.0. The lowest BCUT2D eigenvalue weighted by molar-refractivity contribution is 0.276. The summed E-state index contributed by atoms with van der Waals surface area (Å²) in [6.07, 6.45) is 0.906. The Morgan fingerprint density at radius 2 is 1.52 bits per heavy atom. The van der Waals surface area contributed by atoms with Crippen molar-refractivity contribution in [1.29, 1.82) is 0 Å². The molecule has 33 heavy (non-hydrogen) atoms. The van der Waals surface area contributed by atoms with Gasteiger partial charge in [-0.25, -0.2) is 12.6 Å². The Labute approximate surface area is 192 Å². The van der Waals surface area contributed by atoms with Crippen LogP contribution >= 0.6 is 0 Å². The van der Waals surface area contributed by atoms with Crippen molar-refractivity contribution in [2.45, 2.75) is 4.90 Å². The highest BCUT2D eigenvalue weighted by Gasteiger charge is 2.20. The highest BCUT2D eigenvalue weighted by Crippen LogP contribution is 2.35. The van der Waals surface area contributed by atoms with Gasteiger partial charge in [-0.3, -0.25) is 13.4 Å². The number of hydrogen-bond donors (Lipinski definition) is 2. The average molecular weight is 523 g/mol. The van der Waals surface area contributed by atoms with Crippen LogP contribution in [0.15, 0.2) is 57.6 Å². The van der Waals surface area contributed by atoms with Crippen LogP contribution in [0.5, 0.6) is 0 Å². The third kappa shape index (κ3) is 7.72. The number of hydrogen-bond acceptors (Lipinski definition) is 10. The van der Waals surface area contributed by atoms with Crippen LogP contribution < -0.4 is 9.21 Å². The quantitative estimate of drug-likeness (QED) is 0.345. The number of rotatable bonds is 10. The molecule has 0 amide bonds. The zero-order valence-corrected chi connectivity index (χ0v) is 20.2. The first-order valence-corrected chi connectivity index (χ1v) is 13.6. The molecule has 13 nitrogen and oxygen atoms in total. The van der Waals surface area contributed by atoms with E-state index in [1.54, 1.807) is 25.1 Å². The number of benzene rings is 2. The summed E-state index contributed by atoms with van der Waals surface area (Å²) >= 11 is 0. The zero-order chi connectivity index (χ0) is 25.0. The fourth-order valence-electron chi connectivity index (χ4n) is 2.69. The van der Waals surface area contributed by atoms with Crippen molar-refractivity contribution >= 4 is 53.3 Å². The lowest BCUT2D eigenvalue weighted by Crippen LogP contribution is -2.33. The molecule has 16 heteroatoms. The third-order valence-electron chi connectivity index (χ3n) is 4.07. The molecule has 0 heterocycles. The van der Waals surface area contributed by atoms with Crippen molar-refractivity contribution in [2.75, 3.05) is 42.7 Å². The fourth-order valence-corrected chi connectivity index (χ4v) is 4.52. The molecule has 0 aliphatic rings. The van der Waals surface area contributed by atoms with Gasteiger partial charge < -0.3 is 4.90 Å². The molecule has 0 fully saturated rings. The summed E-state index contributed by atoms with van der Waals surface area (Å²) in [5.74, 6) is 0. The van der Waals surface area contributed by atoms with Gasteiger partial charge in [-0.2, -0.15) is 21.9 Å². The molecule has 2 rings (SSSR count). The molecule has 2 N–H and O–H groups in total. The zero-order valence-electron chi connectivity index (χ0n) is 17.7. The van der Waals surface area contributed by atoms with Gasteiger partial charge in [0.05, 0.1) is 36.5 Å². The molecule has 0 spiro atoms. The monoisotopic (exact) mass is 522 g/mol. The van der Waals surface area contributed by atoms with E-state index in [2.05, 4.69) is 14.4 Å². The van der Waals surface area contributed by atoms with Gasteiger partial charge in [-0.1, -0.05) is 6.07 Å². The highest BCUT2D eigenvalue weighted by molar-refractivity contribution is 7.92. The van der Waals surface area contributed by atoms with Gasteiger partial charge in [0, 0.05) is 14.1 Å². The second-order valence-electron chi connectivity index (χ2n) is 6.79. The first-order chi connectivity index (χ1) is 15.1. The lowest BCUT2D eigenvalue weighted by Gasteiger charge is -2.21. The maximum Gasteiger partial charge on any atom is 0.397 e. The van der Waals surface area contributed by atoms with Gasteiger partial charge in [0.1, 0.15) is 10.6 Å². The molecule has 0 aliphatic carbocycles. The maximum atomic E-state index is 12.0. The van der Waals surface area contributed by atoms with E-state index in [1.807, 2.05) is 0 Å². The summed E-state index contributed by atoms with van der Waals surface area (Å²) in [7, 11) is -9.81. The van der Waals surface area contributed by atoms with E-state index >= 15 is 0 Å². The topological polar surface area (TPSA) is 183 Å². The molecular weight excluding hydrogens is 500 g/mol. The minimum Gasteiger partial charge on any atom is -0.376 e. The van der Waals surface area contributed by atoms with Gasteiger partial charge in [-0.15, -0.1) is 5.11 Å². The number of azo groups is 1. The summed E-state index contributed by atoms with van der Waals surface area (Å²) in [5.41, 5.74) is 0.681. The summed E-state index contributed by atoms with van der Waals surface area (Å²) in [5, 5.41) is 7.93. The summed E-state index contributed by atoms with van der Waals surface area (Å²) in [6.45, 7) is -1.01. The van der Waals surface area contributed by atoms with Crippen molar-refractivity contribution in [3.05, 3.63) is 42.5 Å². The predicted octanol–water partition coefficient (Wildman–Crippen LogP) is 2.00. The van der Waals surface area contributed by atoms with Crippen LogP contribution in [0.25, 0.3) is 0 Å². The van der Waals surface area contributed by atoms with E-state index in [9.17, 15) is 29.8 Å². The van der Waals surface area contributed by atoms with Crippen molar-refractivity contribution in [3.63, 3.8) is 0 Å². The van der Waals surface area contributed by atoms with E-state index < -0.39 is 48.6 Å². The third-order valence-corrected chi connectivity index (χ3v) is 6.61. The van der Waals surface area contributed by atoms with Gasteiger partial charge in [-0.05, 0) is 36.4 Å². The van der Waals surface area contributed by atoms with Crippen molar-refractivity contribution in [3.8, 4) is 0 Å². The van der Waals surface area contributed by atoms with E-state index in [4.69, 9.17) is 4.55 Å². The Kier molecular flexibility index (Phi) is 8.15.